The van der Waals surface area contributed by atoms with E-state index < -0.39 is 17.8 Å². The SMILES string of the molecule is O=C(OCc1csc(-c2ccccc2)n1)c1ccc(-c2cc(C(F)(F)F)nn2-c2ccccc2Cl)cc1. The lowest BCUT2D eigenvalue weighted by Crippen LogP contribution is -2.07. The topological polar surface area (TPSA) is 57.0 Å². The average Bonchev–Trinajstić information content (AvgIpc) is 3.56. The summed E-state index contributed by atoms with van der Waals surface area (Å²) in [5.74, 6) is -0.573. The van der Waals surface area contributed by atoms with Gasteiger partial charge < -0.3 is 4.74 Å². The molecule has 0 radical (unpaired) electrons. The minimum absolute atomic E-state index is 0.00185. The Balaban J connectivity index is 1.34. The van der Waals surface area contributed by atoms with E-state index in [4.69, 9.17) is 16.3 Å². The maximum absolute atomic E-state index is 13.4. The second-order valence-corrected chi connectivity index (χ2v) is 9.20. The summed E-state index contributed by atoms with van der Waals surface area (Å²) in [6.45, 7) is -0.00185. The standard InChI is InChI=1S/C27H17ClF3N3O2S/c28-21-8-4-5-9-22(21)34-23(14-24(33-34)27(29,30)31)17-10-12-19(13-11-17)26(35)36-15-20-16-37-25(32-20)18-6-2-1-3-7-18/h1-14,16H,15H2. The fourth-order valence-electron chi connectivity index (χ4n) is 3.62. The molecule has 0 saturated heterocycles. The van der Waals surface area contributed by atoms with E-state index in [2.05, 4.69) is 10.1 Å². The van der Waals surface area contributed by atoms with Crippen molar-refractivity contribution in [3.05, 3.63) is 112 Å². The van der Waals surface area contributed by atoms with Crippen LogP contribution >= 0.6 is 22.9 Å². The smallest absolute Gasteiger partial charge is 0.435 e. The van der Waals surface area contributed by atoms with Gasteiger partial charge in [0.2, 0.25) is 0 Å². The van der Waals surface area contributed by atoms with Crippen LogP contribution in [0.5, 0.6) is 0 Å². The highest BCUT2D eigenvalue weighted by molar-refractivity contribution is 7.13. The number of para-hydroxylation sites is 1. The first kappa shape index (κ1) is 24.7. The largest absolute Gasteiger partial charge is 0.456 e. The summed E-state index contributed by atoms with van der Waals surface area (Å²) in [5.41, 5.74) is 1.70. The van der Waals surface area contributed by atoms with Crippen molar-refractivity contribution in [1.29, 1.82) is 0 Å². The quantitative estimate of drug-likeness (QED) is 0.208. The fraction of sp³-hybridized carbons (Fsp3) is 0.0741. The normalized spacial score (nSPS) is 11.5. The molecule has 0 aliphatic rings. The molecule has 0 unspecified atom stereocenters. The number of aromatic nitrogens is 3. The van der Waals surface area contributed by atoms with Gasteiger partial charge in [-0.1, -0.05) is 66.2 Å². The van der Waals surface area contributed by atoms with Crippen LogP contribution in [0.3, 0.4) is 0 Å². The van der Waals surface area contributed by atoms with Gasteiger partial charge in [0.05, 0.1) is 27.7 Å². The zero-order valence-corrected chi connectivity index (χ0v) is 20.5. The number of carbonyl (C=O) groups excluding carboxylic acids is 1. The van der Waals surface area contributed by atoms with Crippen LogP contribution in [0, 0.1) is 0 Å². The zero-order valence-electron chi connectivity index (χ0n) is 18.9. The molecule has 5 rings (SSSR count). The number of carbonyl (C=O) groups is 1. The van der Waals surface area contributed by atoms with Crippen molar-refractivity contribution in [2.45, 2.75) is 12.8 Å². The third-order valence-corrected chi connectivity index (χ3v) is 6.68. The van der Waals surface area contributed by atoms with Crippen LogP contribution in [-0.2, 0) is 17.5 Å². The molecule has 3 aromatic carbocycles. The number of halogens is 4. The lowest BCUT2D eigenvalue weighted by molar-refractivity contribution is -0.141. The third kappa shape index (κ3) is 5.42. The number of alkyl halides is 3. The zero-order chi connectivity index (χ0) is 26.0. The number of benzene rings is 3. The van der Waals surface area contributed by atoms with E-state index in [-0.39, 0.29) is 22.9 Å². The Hall–Kier alpha value is -3.95. The molecular weight excluding hydrogens is 523 g/mol. The molecule has 0 saturated carbocycles. The van der Waals surface area contributed by atoms with E-state index in [1.165, 1.54) is 35.6 Å². The van der Waals surface area contributed by atoms with Gasteiger partial charge in [-0.15, -0.1) is 11.3 Å². The monoisotopic (exact) mass is 539 g/mol. The molecule has 186 valence electrons. The van der Waals surface area contributed by atoms with Crippen molar-refractivity contribution in [1.82, 2.24) is 14.8 Å². The predicted octanol–water partition coefficient (Wildman–Crippen LogP) is 7.69. The highest BCUT2D eigenvalue weighted by atomic mass is 35.5. The molecule has 0 aliphatic heterocycles. The van der Waals surface area contributed by atoms with Gasteiger partial charge in [0.15, 0.2) is 5.69 Å². The van der Waals surface area contributed by atoms with Crippen LogP contribution in [0.15, 0.2) is 90.3 Å². The first-order valence-corrected chi connectivity index (χ1v) is 12.2. The predicted molar refractivity (Wildman–Crippen MR) is 136 cm³/mol. The van der Waals surface area contributed by atoms with Crippen LogP contribution in [0.2, 0.25) is 5.02 Å². The number of nitrogens with zero attached hydrogens (tertiary/aromatic N) is 3. The Morgan fingerprint density at radius 2 is 1.65 bits per heavy atom. The maximum Gasteiger partial charge on any atom is 0.435 e. The Kier molecular flexibility index (Phi) is 6.82. The van der Waals surface area contributed by atoms with Crippen molar-refractivity contribution >= 4 is 28.9 Å². The molecule has 5 nitrogen and oxygen atoms in total. The first-order valence-electron chi connectivity index (χ1n) is 11.0. The highest BCUT2D eigenvalue weighted by Crippen LogP contribution is 2.34. The maximum atomic E-state index is 13.4. The van der Waals surface area contributed by atoms with Gasteiger partial charge in [0.25, 0.3) is 0 Å². The van der Waals surface area contributed by atoms with Crippen molar-refractivity contribution in [3.8, 4) is 27.5 Å². The van der Waals surface area contributed by atoms with E-state index in [0.717, 1.165) is 21.3 Å². The summed E-state index contributed by atoms with van der Waals surface area (Å²) in [4.78, 5) is 17.1. The van der Waals surface area contributed by atoms with Gasteiger partial charge in [-0.05, 0) is 30.3 Å². The number of ether oxygens (including phenoxy) is 1. The molecular formula is C27H17ClF3N3O2S. The molecule has 10 heteroatoms. The van der Waals surface area contributed by atoms with Crippen LogP contribution < -0.4 is 0 Å². The molecule has 0 fully saturated rings. The van der Waals surface area contributed by atoms with Crippen molar-refractivity contribution in [2.75, 3.05) is 0 Å². The summed E-state index contributed by atoms with van der Waals surface area (Å²) in [6.07, 6.45) is -4.64. The number of hydrogen-bond acceptors (Lipinski definition) is 5. The van der Waals surface area contributed by atoms with Crippen LogP contribution in [0.25, 0.3) is 27.5 Å². The molecule has 0 aliphatic carbocycles. The first-order chi connectivity index (χ1) is 17.8. The average molecular weight is 540 g/mol. The van der Waals surface area contributed by atoms with Crippen LogP contribution in [0.4, 0.5) is 13.2 Å². The van der Waals surface area contributed by atoms with E-state index >= 15 is 0 Å². The second-order valence-electron chi connectivity index (χ2n) is 7.94. The summed E-state index contributed by atoms with van der Waals surface area (Å²) in [5, 5.41) is 6.64. The molecule has 0 N–H and O–H groups in total. The van der Waals surface area contributed by atoms with Gasteiger partial charge >= 0.3 is 12.1 Å². The van der Waals surface area contributed by atoms with Crippen molar-refractivity contribution in [3.63, 3.8) is 0 Å². The molecule has 5 aromatic rings. The number of rotatable bonds is 6. The van der Waals surface area contributed by atoms with Gasteiger partial charge in [-0.2, -0.15) is 18.3 Å². The number of thiazole rings is 1. The van der Waals surface area contributed by atoms with Gasteiger partial charge in [0.1, 0.15) is 11.6 Å². The van der Waals surface area contributed by atoms with Gasteiger partial charge in [0, 0.05) is 16.5 Å². The number of esters is 1. The van der Waals surface area contributed by atoms with Crippen LogP contribution in [-0.4, -0.2) is 20.7 Å². The lowest BCUT2D eigenvalue weighted by atomic mass is 10.1. The minimum Gasteiger partial charge on any atom is -0.456 e. The number of hydrogen-bond donors (Lipinski definition) is 0. The molecule has 0 spiro atoms. The molecule has 0 bridgehead atoms. The van der Waals surface area contributed by atoms with Gasteiger partial charge in [-0.25, -0.2) is 14.5 Å². The lowest BCUT2D eigenvalue weighted by Gasteiger charge is -2.10. The van der Waals surface area contributed by atoms with Crippen LogP contribution in [0.1, 0.15) is 21.7 Å². The summed E-state index contributed by atoms with van der Waals surface area (Å²) < 4.78 is 46.8. The summed E-state index contributed by atoms with van der Waals surface area (Å²) in [6, 6.07) is 23.2. The van der Waals surface area contributed by atoms with Crippen molar-refractivity contribution in [2.24, 2.45) is 0 Å². The molecule has 37 heavy (non-hydrogen) atoms. The fourth-order valence-corrected chi connectivity index (χ4v) is 4.65. The Labute approximate surface area is 218 Å². The molecule has 2 aromatic heterocycles. The third-order valence-electron chi connectivity index (χ3n) is 5.42. The minimum atomic E-state index is -4.64. The Morgan fingerprint density at radius 3 is 2.35 bits per heavy atom. The summed E-state index contributed by atoms with van der Waals surface area (Å²) >= 11 is 7.68. The second kappa shape index (κ2) is 10.2. The van der Waals surface area contributed by atoms with E-state index in [9.17, 15) is 18.0 Å². The molecule has 0 atom stereocenters. The van der Waals surface area contributed by atoms with Crippen molar-refractivity contribution < 1.29 is 22.7 Å². The molecule has 2 heterocycles. The highest BCUT2D eigenvalue weighted by Gasteiger charge is 2.35. The molecule has 0 amide bonds. The summed E-state index contributed by atoms with van der Waals surface area (Å²) in [7, 11) is 0. The van der Waals surface area contributed by atoms with E-state index in [1.54, 1.807) is 24.3 Å². The van der Waals surface area contributed by atoms with E-state index in [0.29, 0.717) is 16.9 Å². The van der Waals surface area contributed by atoms with E-state index in [1.807, 2.05) is 35.7 Å². The van der Waals surface area contributed by atoms with Gasteiger partial charge in [-0.3, -0.25) is 0 Å². The Morgan fingerprint density at radius 1 is 0.946 bits per heavy atom. The Bertz CT molecular complexity index is 1550.